The summed E-state index contributed by atoms with van der Waals surface area (Å²) in [5, 5.41) is 13.4. The first-order valence-corrected chi connectivity index (χ1v) is 9.03. The normalized spacial score (nSPS) is 18.2. The Hall–Kier alpha value is -1.06. The van der Waals surface area contributed by atoms with Gasteiger partial charge in [0.15, 0.2) is 5.96 Å². The molecule has 1 aliphatic heterocycles. The van der Waals surface area contributed by atoms with Crippen molar-refractivity contribution in [1.82, 2.24) is 10.2 Å². The predicted molar refractivity (Wildman–Crippen MR) is 116 cm³/mol. The van der Waals surface area contributed by atoms with Gasteiger partial charge in [0.05, 0.1) is 13.2 Å². The molecule has 2 atom stereocenters. The number of benzene rings is 1. The Morgan fingerprint density at radius 3 is 2.96 bits per heavy atom. The van der Waals surface area contributed by atoms with E-state index in [-0.39, 0.29) is 30.6 Å². The Morgan fingerprint density at radius 2 is 2.31 bits per heavy atom. The summed E-state index contributed by atoms with van der Waals surface area (Å²) in [4.78, 5) is 6.65. The lowest BCUT2D eigenvalue weighted by molar-refractivity contribution is 0.114. The summed E-state index contributed by atoms with van der Waals surface area (Å²) < 4.78 is 11.1. The lowest BCUT2D eigenvalue weighted by Crippen LogP contribution is -2.42. The van der Waals surface area contributed by atoms with Gasteiger partial charge < -0.3 is 24.8 Å². The topological polar surface area (TPSA) is 66.3 Å². The van der Waals surface area contributed by atoms with Crippen LogP contribution in [0, 0.1) is 12.8 Å². The fourth-order valence-corrected chi connectivity index (χ4v) is 2.81. The second kappa shape index (κ2) is 12.3. The second-order valence-corrected chi connectivity index (χ2v) is 6.59. The van der Waals surface area contributed by atoms with Crippen LogP contribution in [0.15, 0.2) is 29.3 Å². The van der Waals surface area contributed by atoms with E-state index < -0.39 is 6.10 Å². The third-order valence-electron chi connectivity index (χ3n) is 4.14. The first-order valence-electron chi connectivity index (χ1n) is 9.03. The summed E-state index contributed by atoms with van der Waals surface area (Å²) in [6, 6.07) is 7.81. The van der Waals surface area contributed by atoms with Crippen LogP contribution >= 0.6 is 24.0 Å². The van der Waals surface area contributed by atoms with E-state index >= 15 is 0 Å². The maximum absolute atomic E-state index is 10.2. The van der Waals surface area contributed by atoms with Gasteiger partial charge in [-0.25, -0.2) is 0 Å². The Balaban J connectivity index is 0.00000338. The summed E-state index contributed by atoms with van der Waals surface area (Å²) >= 11 is 0. The molecular formula is C19H32IN3O3. The van der Waals surface area contributed by atoms with E-state index in [9.17, 15) is 5.11 Å². The Kier molecular flexibility index (Phi) is 10.9. The van der Waals surface area contributed by atoms with Crippen LogP contribution in [0.5, 0.6) is 5.75 Å². The average molecular weight is 477 g/mol. The van der Waals surface area contributed by atoms with E-state index in [1.54, 1.807) is 0 Å². The molecule has 0 bridgehead atoms. The van der Waals surface area contributed by atoms with E-state index in [1.807, 2.05) is 45.2 Å². The predicted octanol–water partition coefficient (Wildman–Crippen LogP) is 2.29. The minimum atomic E-state index is -0.641. The van der Waals surface area contributed by atoms with Crippen LogP contribution in [0.3, 0.4) is 0 Å². The number of halogens is 1. The van der Waals surface area contributed by atoms with Crippen LogP contribution in [-0.2, 0) is 4.74 Å². The van der Waals surface area contributed by atoms with Crippen molar-refractivity contribution >= 4 is 29.9 Å². The Bertz CT molecular complexity index is 551. The van der Waals surface area contributed by atoms with Crippen molar-refractivity contribution in [3.05, 3.63) is 29.8 Å². The van der Waals surface area contributed by atoms with Gasteiger partial charge >= 0.3 is 0 Å². The highest BCUT2D eigenvalue weighted by Gasteiger charge is 2.19. The third kappa shape index (κ3) is 8.09. The molecule has 7 heteroatoms. The van der Waals surface area contributed by atoms with Gasteiger partial charge in [-0.1, -0.05) is 12.1 Å². The maximum Gasteiger partial charge on any atom is 0.193 e. The minimum absolute atomic E-state index is 0. The summed E-state index contributed by atoms with van der Waals surface area (Å²) in [6.07, 6.45) is 0.453. The van der Waals surface area contributed by atoms with Gasteiger partial charge in [-0.15, -0.1) is 24.0 Å². The van der Waals surface area contributed by atoms with Crippen molar-refractivity contribution < 1.29 is 14.6 Å². The molecule has 0 aliphatic carbocycles. The number of aliphatic hydroxyl groups excluding tert-OH is 1. The van der Waals surface area contributed by atoms with Crippen LogP contribution in [0.2, 0.25) is 0 Å². The molecule has 0 amide bonds. The van der Waals surface area contributed by atoms with Crippen molar-refractivity contribution in [1.29, 1.82) is 0 Å². The molecule has 2 N–H and O–H groups in total. The molecule has 6 nitrogen and oxygen atoms in total. The molecule has 26 heavy (non-hydrogen) atoms. The van der Waals surface area contributed by atoms with Crippen molar-refractivity contribution in [2.75, 3.05) is 46.5 Å². The maximum atomic E-state index is 10.2. The smallest absolute Gasteiger partial charge is 0.193 e. The number of nitrogens with one attached hydrogen (secondary N) is 1. The zero-order valence-electron chi connectivity index (χ0n) is 16.0. The molecule has 2 rings (SSSR count). The van der Waals surface area contributed by atoms with E-state index in [2.05, 4.69) is 15.2 Å². The van der Waals surface area contributed by atoms with E-state index in [1.165, 1.54) is 0 Å². The Labute approximate surface area is 174 Å². The summed E-state index contributed by atoms with van der Waals surface area (Å²) in [6.45, 7) is 7.95. The average Bonchev–Trinajstić information content (AvgIpc) is 3.09. The minimum Gasteiger partial charge on any atom is -0.491 e. The molecule has 1 aromatic carbocycles. The van der Waals surface area contributed by atoms with Gasteiger partial charge in [0, 0.05) is 32.7 Å². The zero-order valence-corrected chi connectivity index (χ0v) is 18.3. The molecule has 0 aromatic heterocycles. The molecule has 0 spiro atoms. The fourth-order valence-electron chi connectivity index (χ4n) is 2.81. The number of guanidine groups is 1. The molecule has 1 aromatic rings. The first-order chi connectivity index (χ1) is 12.1. The number of nitrogens with zero attached hydrogens (tertiary/aromatic N) is 2. The first kappa shape index (κ1) is 23.0. The van der Waals surface area contributed by atoms with Gasteiger partial charge in [0.2, 0.25) is 0 Å². The molecule has 1 aliphatic rings. The van der Waals surface area contributed by atoms with Crippen molar-refractivity contribution in [2.45, 2.75) is 26.4 Å². The number of hydrogen-bond donors (Lipinski definition) is 2. The van der Waals surface area contributed by atoms with Crippen molar-refractivity contribution in [3.8, 4) is 5.75 Å². The molecule has 1 heterocycles. The number of rotatable bonds is 8. The van der Waals surface area contributed by atoms with Gasteiger partial charge in [0.25, 0.3) is 0 Å². The van der Waals surface area contributed by atoms with Gasteiger partial charge in [-0.2, -0.15) is 0 Å². The van der Waals surface area contributed by atoms with Gasteiger partial charge in [-0.05, 0) is 38.0 Å². The lowest BCUT2D eigenvalue weighted by Gasteiger charge is -2.24. The van der Waals surface area contributed by atoms with Crippen LogP contribution < -0.4 is 10.1 Å². The SMILES string of the molecule is CCNC(=NCC(O)COc1cccc(C)c1)N(C)CC1CCOC1.I. The fraction of sp³-hybridized carbons (Fsp3) is 0.632. The highest BCUT2D eigenvalue weighted by atomic mass is 127. The van der Waals surface area contributed by atoms with E-state index in [0.717, 1.165) is 50.0 Å². The third-order valence-corrected chi connectivity index (χ3v) is 4.14. The lowest BCUT2D eigenvalue weighted by atomic mass is 10.1. The standard InChI is InChI=1S/C19H31N3O3.HI/c1-4-20-19(22(3)12-16-8-9-24-13-16)21-11-17(23)14-25-18-7-5-6-15(2)10-18;/h5-7,10,16-17,23H,4,8-9,11-14H2,1-3H3,(H,20,21);1H. The molecule has 0 radical (unpaired) electrons. The highest BCUT2D eigenvalue weighted by molar-refractivity contribution is 14.0. The highest BCUT2D eigenvalue weighted by Crippen LogP contribution is 2.14. The van der Waals surface area contributed by atoms with Crippen LogP contribution in [0.1, 0.15) is 18.9 Å². The number of aliphatic imine (C=N–C) groups is 1. The Morgan fingerprint density at radius 1 is 1.50 bits per heavy atom. The molecule has 148 valence electrons. The zero-order chi connectivity index (χ0) is 18.1. The van der Waals surface area contributed by atoms with E-state index in [0.29, 0.717) is 12.5 Å². The monoisotopic (exact) mass is 477 g/mol. The molecule has 1 fully saturated rings. The van der Waals surface area contributed by atoms with Crippen molar-refractivity contribution in [2.24, 2.45) is 10.9 Å². The van der Waals surface area contributed by atoms with Gasteiger partial charge in [0.1, 0.15) is 18.5 Å². The number of ether oxygens (including phenoxy) is 2. The molecule has 0 saturated carbocycles. The van der Waals surface area contributed by atoms with Crippen LogP contribution in [-0.4, -0.2) is 68.6 Å². The largest absolute Gasteiger partial charge is 0.491 e. The van der Waals surface area contributed by atoms with Crippen LogP contribution in [0.4, 0.5) is 0 Å². The number of hydrogen-bond acceptors (Lipinski definition) is 4. The molecular weight excluding hydrogens is 445 g/mol. The molecule has 2 unspecified atom stereocenters. The van der Waals surface area contributed by atoms with Gasteiger partial charge in [-0.3, -0.25) is 4.99 Å². The summed E-state index contributed by atoms with van der Waals surface area (Å²) in [5.41, 5.74) is 1.14. The van der Waals surface area contributed by atoms with Crippen LogP contribution in [0.25, 0.3) is 0 Å². The quantitative estimate of drug-likeness (QED) is 0.342. The summed E-state index contributed by atoms with van der Waals surface area (Å²) in [7, 11) is 2.02. The number of aliphatic hydroxyl groups is 1. The van der Waals surface area contributed by atoms with Crippen molar-refractivity contribution in [3.63, 3.8) is 0 Å². The second-order valence-electron chi connectivity index (χ2n) is 6.59. The van der Waals surface area contributed by atoms with E-state index in [4.69, 9.17) is 9.47 Å². The number of aryl methyl sites for hydroxylation is 1. The molecule has 1 saturated heterocycles. The summed E-state index contributed by atoms with van der Waals surface area (Å²) in [5.74, 6) is 2.13.